The lowest BCUT2D eigenvalue weighted by Gasteiger charge is -2.19. The van der Waals surface area contributed by atoms with Crippen molar-refractivity contribution >= 4 is 75.4 Å². The minimum atomic E-state index is 0.707. The summed E-state index contributed by atoms with van der Waals surface area (Å²) >= 11 is 0. The zero-order valence-electron chi connectivity index (χ0n) is 34.0. The van der Waals surface area contributed by atoms with Gasteiger partial charge in [-0.25, -0.2) is 0 Å². The Kier molecular flexibility index (Phi) is 7.32. The van der Waals surface area contributed by atoms with Crippen LogP contribution in [0.1, 0.15) is 27.8 Å². The van der Waals surface area contributed by atoms with Gasteiger partial charge in [-0.15, -0.1) is 0 Å². The van der Waals surface area contributed by atoms with E-state index in [-0.39, 0.29) is 0 Å². The molecule has 0 atom stereocenters. The molecule has 1 heteroatoms. The summed E-state index contributed by atoms with van der Waals surface area (Å²) in [6.07, 6.45) is 0. The van der Waals surface area contributed by atoms with E-state index in [1.165, 1.54) is 131 Å². The summed E-state index contributed by atoms with van der Waals surface area (Å²) in [7, 11) is 0. The largest absolute Gasteiger partial charge is 0.192 e. The molecule has 280 valence electrons. The summed E-state index contributed by atoms with van der Waals surface area (Å²) in [6.45, 7) is 8.75. The van der Waals surface area contributed by atoms with Gasteiger partial charge in [0.1, 0.15) is 0 Å². The highest BCUT2D eigenvalue weighted by Crippen LogP contribution is 2.55. The van der Waals surface area contributed by atoms with Gasteiger partial charge in [0.2, 0.25) is 0 Å². The molecule has 0 aliphatic carbocycles. The maximum Gasteiger partial charge on any atom is 0.0991 e. The van der Waals surface area contributed by atoms with E-state index in [4.69, 9.17) is 0 Å². The van der Waals surface area contributed by atoms with Crippen molar-refractivity contribution in [2.24, 2.45) is 0 Å². The van der Waals surface area contributed by atoms with Gasteiger partial charge in [-0.2, -0.15) is 5.26 Å². The molecule has 0 saturated heterocycles. The Hall–Kier alpha value is -7.53. The van der Waals surface area contributed by atoms with Crippen molar-refractivity contribution in [1.82, 2.24) is 0 Å². The van der Waals surface area contributed by atoms with E-state index in [9.17, 15) is 5.26 Å². The highest BCUT2D eigenvalue weighted by molar-refractivity contribution is 6.45. The van der Waals surface area contributed by atoms with Crippen molar-refractivity contribution < 1.29 is 0 Å². The third-order valence-electron chi connectivity index (χ3n) is 13.4. The van der Waals surface area contributed by atoms with E-state index in [0.717, 1.165) is 11.1 Å². The molecular formula is C59H39N. The fourth-order valence-electron chi connectivity index (χ4n) is 11.2. The zero-order valence-corrected chi connectivity index (χ0v) is 34.0. The van der Waals surface area contributed by atoms with E-state index in [0.29, 0.717) is 5.56 Å². The van der Waals surface area contributed by atoms with Gasteiger partial charge >= 0.3 is 0 Å². The normalized spacial score (nSPS) is 12.0. The highest BCUT2D eigenvalue weighted by Gasteiger charge is 2.27. The van der Waals surface area contributed by atoms with Crippen LogP contribution in [0.3, 0.4) is 0 Å². The van der Waals surface area contributed by atoms with Gasteiger partial charge in [-0.05, 0) is 188 Å². The van der Waals surface area contributed by atoms with Crippen molar-refractivity contribution in [1.29, 1.82) is 5.26 Å². The molecule has 0 radical (unpaired) electrons. The van der Waals surface area contributed by atoms with Crippen LogP contribution >= 0.6 is 0 Å². The molecule has 1 nitrogen and oxygen atoms in total. The van der Waals surface area contributed by atoms with Crippen LogP contribution in [0, 0.1) is 39.0 Å². The Balaban J connectivity index is 1.25. The number of fused-ring (bicyclic) bond motifs is 8. The summed E-state index contributed by atoms with van der Waals surface area (Å²) in [5.74, 6) is 0. The van der Waals surface area contributed by atoms with Gasteiger partial charge in [0, 0.05) is 0 Å². The van der Waals surface area contributed by atoms with E-state index >= 15 is 0 Å². The predicted molar refractivity (Wildman–Crippen MR) is 257 cm³/mol. The SMILES string of the molecule is Cc1cc(C#N)cc(C)c1-c1cc(C)c(-c2ccc3c4c(-c5ccccc5)c5cc6c7ccccc7c7cccc(c5c(-c5ccccc5)c4c4cccc2c34)c76)c(C)c1. The molecule has 12 aromatic rings. The van der Waals surface area contributed by atoms with Crippen LogP contribution in [-0.4, -0.2) is 0 Å². The molecule has 0 aromatic heterocycles. The van der Waals surface area contributed by atoms with Crippen LogP contribution in [0.4, 0.5) is 0 Å². The van der Waals surface area contributed by atoms with Crippen molar-refractivity contribution in [3.8, 4) is 50.6 Å². The standard InChI is InChI=1S/C59H39N/c1-33-27-37(32-60)28-34(2)51(33)40-29-35(3)52(36(4)30-40)45-25-26-48-55-44(45)22-14-24-47(55)59-54(39-17-9-6-10-18-39)57-46-23-13-21-43-41-19-11-12-20-42(41)49(56(43)46)31-50(57)53(58(48)59)38-15-7-5-8-16-38/h5-31H,1-4H3. The minimum Gasteiger partial charge on any atom is -0.192 e. The molecule has 0 bridgehead atoms. The molecule has 0 spiro atoms. The topological polar surface area (TPSA) is 23.8 Å². The summed E-state index contributed by atoms with van der Waals surface area (Å²) in [4.78, 5) is 0. The average Bonchev–Trinajstić information content (AvgIpc) is 3.77. The van der Waals surface area contributed by atoms with Gasteiger partial charge in [0.15, 0.2) is 0 Å². The van der Waals surface area contributed by atoms with Crippen LogP contribution in [-0.2, 0) is 0 Å². The lowest BCUT2D eigenvalue weighted by molar-refractivity contribution is 1.33. The van der Waals surface area contributed by atoms with Crippen LogP contribution in [0.25, 0.3) is 120 Å². The molecule has 12 rings (SSSR count). The van der Waals surface area contributed by atoms with Gasteiger partial charge < -0.3 is 0 Å². The number of hydrogen-bond donors (Lipinski definition) is 0. The first-order valence-electron chi connectivity index (χ1n) is 20.9. The van der Waals surface area contributed by atoms with E-state index < -0.39 is 0 Å². The Morgan fingerprint density at radius 1 is 0.300 bits per heavy atom. The third-order valence-corrected chi connectivity index (χ3v) is 13.4. The molecule has 12 aromatic carbocycles. The smallest absolute Gasteiger partial charge is 0.0991 e. The molecule has 0 fully saturated rings. The Labute approximate surface area is 349 Å². The van der Waals surface area contributed by atoms with E-state index in [1.54, 1.807) is 0 Å². The summed E-state index contributed by atoms with van der Waals surface area (Å²) in [5, 5.41) is 27.9. The van der Waals surface area contributed by atoms with E-state index in [2.05, 4.69) is 185 Å². The van der Waals surface area contributed by atoms with Gasteiger partial charge in [0.05, 0.1) is 11.6 Å². The number of hydrogen-bond acceptors (Lipinski definition) is 1. The van der Waals surface area contributed by atoms with Gasteiger partial charge in [-0.1, -0.05) is 146 Å². The molecule has 0 aliphatic heterocycles. The number of benzene rings is 10. The monoisotopic (exact) mass is 761 g/mol. The van der Waals surface area contributed by atoms with Crippen LogP contribution in [0.2, 0.25) is 0 Å². The molecule has 0 N–H and O–H groups in total. The first-order chi connectivity index (χ1) is 29.4. The Morgan fingerprint density at radius 3 is 1.43 bits per heavy atom. The second-order valence-electron chi connectivity index (χ2n) is 16.8. The van der Waals surface area contributed by atoms with Crippen molar-refractivity contribution in [2.75, 3.05) is 0 Å². The lowest BCUT2D eigenvalue weighted by atomic mass is 9.84. The maximum atomic E-state index is 9.63. The molecule has 0 unspecified atom stereocenters. The molecule has 60 heavy (non-hydrogen) atoms. The summed E-state index contributed by atoms with van der Waals surface area (Å²) < 4.78 is 0. The average molecular weight is 762 g/mol. The second-order valence-corrected chi connectivity index (χ2v) is 16.8. The predicted octanol–water partition coefficient (Wildman–Crippen LogP) is 16.4. The third kappa shape index (κ3) is 4.68. The first kappa shape index (κ1) is 34.5. The molecule has 0 heterocycles. The lowest BCUT2D eigenvalue weighted by Crippen LogP contribution is -1.95. The fraction of sp³-hybridized carbons (Fsp3) is 0.0678. The van der Waals surface area contributed by atoms with Crippen LogP contribution < -0.4 is 0 Å². The summed E-state index contributed by atoms with van der Waals surface area (Å²) in [5.41, 5.74) is 15.5. The molecule has 0 amide bonds. The van der Waals surface area contributed by atoms with Crippen molar-refractivity contribution in [3.63, 3.8) is 0 Å². The van der Waals surface area contributed by atoms with E-state index in [1.807, 2.05) is 12.1 Å². The quantitative estimate of drug-likeness (QED) is 0.164. The highest BCUT2D eigenvalue weighted by atomic mass is 14.3. The van der Waals surface area contributed by atoms with Gasteiger partial charge in [0.25, 0.3) is 0 Å². The second kappa shape index (κ2) is 12.7. The number of aryl methyl sites for hydroxylation is 4. The Morgan fingerprint density at radius 2 is 0.783 bits per heavy atom. The van der Waals surface area contributed by atoms with Crippen LogP contribution in [0.5, 0.6) is 0 Å². The molecular weight excluding hydrogens is 723 g/mol. The molecule has 0 saturated carbocycles. The van der Waals surface area contributed by atoms with Crippen LogP contribution in [0.15, 0.2) is 164 Å². The van der Waals surface area contributed by atoms with Gasteiger partial charge in [-0.3, -0.25) is 0 Å². The minimum absolute atomic E-state index is 0.707. The zero-order chi connectivity index (χ0) is 40.4. The molecule has 0 aliphatic rings. The number of nitriles is 1. The Bertz CT molecular complexity index is 3740. The van der Waals surface area contributed by atoms with Crippen molar-refractivity contribution in [2.45, 2.75) is 27.7 Å². The number of nitrogens with zero attached hydrogens (tertiary/aromatic N) is 1. The number of rotatable bonds is 4. The summed E-state index contributed by atoms with van der Waals surface area (Å²) in [6, 6.07) is 63.4. The maximum absolute atomic E-state index is 9.63. The van der Waals surface area contributed by atoms with Crippen molar-refractivity contribution in [3.05, 3.63) is 192 Å². The fourth-order valence-corrected chi connectivity index (χ4v) is 11.2. The first-order valence-corrected chi connectivity index (χ1v) is 20.9.